The van der Waals surface area contributed by atoms with E-state index in [9.17, 15) is 4.79 Å². The van der Waals surface area contributed by atoms with Gasteiger partial charge in [-0.1, -0.05) is 18.6 Å². The van der Waals surface area contributed by atoms with E-state index in [2.05, 4.69) is 0 Å². The van der Waals surface area contributed by atoms with Crippen LogP contribution in [0.25, 0.3) is 0 Å². The third kappa shape index (κ3) is 1.90. The van der Waals surface area contributed by atoms with Crippen molar-refractivity contribution in [3.05, 3.63) is 29.3 Å². The van der Waals surface area contributed by atoms with Gasteiger partial charge in [-0.15, -0.1) is 0 Å². The van der Waals surface area contributed by atoms with Crippen LogP contribution in [0.1, 0.15) is 30.4 Å². The summed E-state index contributed by atoms with van der Waals surface area (Å²) in [5.74, 6) is 0.0949. The quantitative estimate of drug-likeness (QED) is 0.851. The summed E-state index contributed by atoms with van der Waals surface area (Å²) < 4.78 is 5.81. The predicted octanol–water partition coefficient (Wildman–Crippen LogP) is 2.42. The molecule has 0 aromatic heterocycles. The number of carboxylic acid groups (broad SMARTS) is 1. The molecule has 0 amide bonds. The predicted molar refractivity (Wildman–Crippen MR) is 63.3 cm³/mol. The van der Waals surface area contributed by atoms with Crippen LogP contribution in [0.15, 0.2) is 18.2 Å². The molecule has 1 aromatic rings. The first-order chi connectivity index (χ1) is 8.17. The van der Waals surface area contributed by atoms with E-state index >= 15 is 0 Å². The van der Waals surface area contributed by atoms with Crippen LogP contribution in [0.3, 0.4) is 0 Å². The molecule has 17 heavy (non-hydrogen) atoms. The van der Waals surface area contributed by atoms with Crippen LogP contribution in [0.5, 0.6) is 5.75 Å². The number of aliphatic carboxylic acids is 1. The molecule has 90 valence electrons. The van der Waals surface area contributed by atoms with Crippen molar-refractivity contribution in [3.63, 3.8) is 0 Å². The number of fused-ring (bicyclic) bond motifs is 1. The maximum absolute atomic E-state index is 10.7. The summed E-state index contributed by atoms with van der Waals surface area (Å²) >= 11 is 0. The molecule has 3 rings (SSSR count). The molecule has 0 radical (unpaired) electrons. The van der Waals surface area contributed by atoms with Gasteiger partial charge in [0.2, 0.25) is 0 Å². The molecule has 1 N–H and O–H groups in total. The first kappa shape index (κ1) is 10.6. The summed E-state index contributed by atoms with van der Waals surface area (Å²) in [5, 5.41) is 8.76. The minimum absolute atomic E-state index is 0.0712. The minimum atomic E-state index is -0.795. The van der Waals surface area contributed by atoms with Crippen LogP contribution in [0, 0.1) is 5.41 Å². The molecule has 1 aliphatic heterocycles. The van der Waals surface area contributed by atoms with Crippen molar-refractivity contribution in [3.8, 4) is 5.75 Å². The van der Waals surface area contributed by atoms with Crippen molar-refractivity contribution in [1.29, 1.82) is 0 Å². The molecule has 1 saturated carbocycles. The van der Waals surface area contributed by atoms with Gasteiger partial charge < -0.3 is 9.84 Å². The molecule has 0 unspecified atom stereocenters. The molecule has 1 aromatic carbocycles. The van der Waals surface area contributed by atoms with E-state index in [1.165, 1.54) is 24.8 Å². The largest absolute Gasteiger partial charge is 0.493 e. The first-order valence-corrected chi connectivity index (χ1v) is 6.13. The van der Waals surface area contributed by atoms with Crippen molar-refractivity contribution in [2.75, 3.05) is 6.61 Å². The molecular weight excluding hydrogens is 216 g/mol. The standard InChI is InChI=1S/C14H16O3/c15-13(16)7-10-2-3-11-8-14(4-1-5-14)9-17-12(11)6-10/h2-3,6H,1,4-5,7-9H2,(H,15,16). The second-order valence-corrected chi connectivity index (χ2v) is 5.33. The summed E-state index contributed by atoms with van der Waals surface area (Å²) in [6.07, 6.45) is 5.01. The highest BCUT2D eigenvalue weighted by molar-refractivity contribution is 5.70. The zero-order valence-corrected chi connectivity index (χ0v) is 9.74. The van der Waals surface area contributed by atoms with Gasteiger partial charge in [0.25, 0.3) is 0 Å². The number of carboxylic acids is 1. The van der Waals surface area contributed by atoms with E-state index in [0.29, 0.717) is 5.41 Å². The Morgan fingerprint density at radius 1 is 1.41 bits per heavy atom. The first-order valence-electron chi connectivity index (χ1n) is 6.13. The van der Waals surface area contributed by atoms with Crippen molar-refractivity contribution >= 4 is 5.97 Å². The average Bonchev–Trinajstić information content (AvgIpc) is 2.25. The van der Waals surface area contributed by atoms with Crippen LogP contribution in [-0.2, 0) is 17.6 Å². The second kappa shape index (κ2) is 3.76. The molecule has 2 aliphatic rings. The van der Waals surface area contributed by atoms with Gasteiger partial charge >= 0.3 is 5.97 Å². The van der Waals surface area contributed by atoms with Crippen LogP contribution >= 0.6 is 0 Å². The van der Waals surface area contributed by atoms with Gasteiger partial charge in [0.15, 0.2) is 0 Å². The SMILES string of the molecule is O=C(O)Cc1ccc2c(c1)OCC1(CCC1)C2. The fourth-order valence-electron chi connectivity index (χ4n) is 2.85. The normalized spacial score (nSPS) is 20.2. The lowest BCUT2D eigenvalue weighted by atomic mass is 9.65. The molecular formula is C14H16O3. The lowest BCUT2D eigenvalue weighted by molar-refractivity contribution is -0.136. The zero-order valence-electron chi connectivity index (χ0n) is 9.74. The van der Waals surface area contributed by atoms with Gasteiger partial charge in [-0.2, -0.15) is 0 Å². The fraction of sp³-hybridized carbons (Fsp3) is 0.500. The van der Waals surface area contributed by atoms with Crippen LogP contribution < -0.4 is 4.74 Å². The van der Waals surface area contributed by atoms with Gasteiger partial charge in [-0.25, -0.2) is 0 Å². The Bertz CT molecular complexity index is 461. The number of carbonyl (C=O) groups is 1. The summed E-state index contributed by atoms with van der Waals surface area (Å²) in [5.41, 5.74) is 2.45. The molecule has 0 saturated heterocycles. The Balaban J connectivity index is 1.83. The van der Waals surface area contributed by atoms with Crippen LogP contribution in [-0.4, -0.2) is 17.7 Å². The van der Waals surface area contributed by atoms with Crippen molar-refractivity contribution in [1.82, 2.24) is 0 Å². The van der Waals surface area contributed by atoms with E-state index in [4.69, 9.17) is 9.84 Å². The lowest BCUT2D eigenvalue weighted by Crippen LogP contribution is -2.40. The molecule has 0 atom stereocenters. The molecule has 3 nitrogen and oxygen atoms in total. The third-order valence-corrected chi connectivity index (χ3v) is 4.00. The maximum atomic E-state index is 10.7. The van der Waals surface area contributed by atoms with Crippen LogP contribution in [0.4, 0.5) is 0 Å². The maximum Gasteiger partial charge on any atom is 0.307 e. The highest BCUT2D eigenvalue weighted by atomic mass is 16.5. The summed E-state index contributed by atoms with van der Waals surface area (Å²) in [4.78, 5) is 10.7. The summed E-state index contributed by atoms with van der Waals surface area (Å²) in [6.45, 7) is 0.802. The topological polar surface area (TPSA) is 46.5 Å². The monoisotopic (exact) mass is 232 g/mol. The number of hydrogen-bond acceptors (Lipinski definition) is 2. The minimum Gasteiger partial charge on any atom is -0.493 e. The van der Waals surface area contributed by atoms with Crippen molar-refractivity contribution < 1.29 is 14.6 Å². The Kier molecular flexibility index (Phi) is 2.35. The Morgan fingerprint density at radius 3 is 2.88 bits per heavy atom. The molecule has 1 aliphatic carbocycles. The number of ether oxygens (including phenoxy) is 1. The number of rotatable bonds is 2. The zero-order chi connectivity index (χ0) is 11.9. The van der Waals surface area contributed by atoms with E-state index in [0.717, 1.165) is 24.3 Å². The molecule has 1 fully saturated rings. The van der Waals surface area contributed by atoms with Crippen LogP contribution in [0.2, 0.25) is 0 Å². The van der Waals surface area contributed by atoms with Gasteiger partial charge in [0.05, 0.1) is 13.0 Å². The second-order valence-electron chi connectivity index (χ2n) is 5.33. The number of benzene rings is 1. The van der Waals surface area contributed by atoms with Gasteiger partial charge in [0, 0.05) is 5.41 Å². The van der Waals surface area contributed by atoms with E-state index in [1.54, 1.807) is 0 Å². The third-order valence-electron chi connectivity index (χ3n) is 4.00. The Hall–Kier alpha value is -1.51. The summed E-state index contributed by atoms with van der Waals surface area (Å²) in [6, 6.07) is 5.83. The lowest BCUT2D eigenvalue weighted by Gasteiger charge is -2.44. The van der Waals surface area contributed by atoms with Crippen molar-refractivity contribution in [2.24, 2.45) is 5.41 Å². The highest BCUT2D eigenvalue weighted by Crippen LogP contribution is 2.48. The van der Waals surface area contributed by atoms with E-state index in [1.807, 2.05) is 18.2 Å². The molecule has 3 heteroatoms. The Morgan fingerprint density at radius 2 is 2.24 bits per heavy atom. The van der Waals surface area contributed by atoms with E-state index in [-0.39, 0.29) is 6.42 Å². The number of hydrogen-bond donors (Lipinski definition) is 1. The van der Waals surface area contributed by atoms with Gasteiger partial charge in [-0.05, 0) is 36.5 Å². The van der Waals surface area contributed by atoms with Gasteiger partial charge in [0.1, 0.15) is 5.75 Å². The van der Waals surface area contributed by atoms with Gasteiger partial charge in [-0.3, -0.25) is 4.79 Å². The molecule has 0 bridgehead atoms. The highest BCUT2D eigenvalue weighted by Gasteiger charge is 2.41. The molecule has 1 heterocycles. The fourth-order valence-corrected chi connectivity index (χ4v) is 2.85. The average molecular weight is 232 g/mol. The smallest absolute Gasteiger partial charge is 0.307 e. The molecule has 1 spiro atoms. The van der Waals surface area contributed by atoms with Crippen molar-refractivity contribution in [2.45, 2.75) is 32.1 Å². The Labute approximate surface area is 100 Å². The van der Waals surface area contributed by atoms with E-state index < -0.39 is 5.97 Å². The summed E-state index contributed by atoms with van der Waals surface area (Å²) in [7, 11) is 0.